The van der Waals surface area contributed by atoms with Crippen molar-refractivity contribution in [3.05, 3.63) is 54.2 Å². The van der Waals surface area contributed by atoms with Crippen LogP contribution in [0, 0.1) is 0 Å². The molecule has 0 fully saturated rings. The first-order valence-electron chi connectivity index (χ1n) is 8.02. The molecule has 0 aliphatic carbocycles. The molecule has 0 radical (unpaired) electrons. The van der Waals surface area contributed by atoms with E-state index < -0.39 is 0 Å². The van der Waals surface area contributed by atoms with E-state index in [2.05, 4.69) is 21.7 Å². The molecule has 3 rings (SSSR count). The Morgan fingerprint density at radius 2 is 1.80 bits per heavy atom. The topological polar surface area (TPSA) is 75.4 Å². The fourth-order valence-electron chi connectivity index (χ4n) is 2.70. The Hall–Kier alpha value is -3.15. The number of H-pyrrole nitrogens is 1. The molecule has 0 aliphatic rings. The van der Waals surface area contributed by atoms with Crippen molar-refractivity contribution in [1.29, 1.82) is 0 Å². The summed E-state index contributed by atoms with van der Waals surface area (Å²) in [6, 6.07) is 13.1. The minimum atomic E-state index is -0.268. The normalized spacial score (nSPS) is 10.5. The van der Waals surface area contributed by atoms with E-state index >= 15 is 0 Å². The summed E-state index contributed by atoms with van der Waals surface area (Å²) >= 11 is 0. The Morgan fingerprint density at radius 3 is 2.52 bits per heavy atom. The minimum Gasteiger partial charge on any atom is -0.497 e. The lowest BCUT2D eigenvalue weighted by Crippen LogP contribution is -2.30. The SMILES string of the molecule is COc1cc(NC(=O)NCCc2c[nH]c3ccccc23)cc(OC)c1. The maximum atomic E-state index is 12.1. The van der Waals surface area contributed by atoms with Gasteiger partial charge in [-0.3, -0.25) is 0 Å². The lowest BCUT2D eigenvalue weighted by molar-refractivity contribution is 0.252. The molecule has 2 aromatic carbocycles. The molecule has 0 spiro atoms. The Morgan fingerprint density at radius 1 is 1.08 bits per heavy atom. The lowest BCUT2D eigenvalue weighted by Gasteiger charge is -2.10. The van der Waals surface area contributed by atoms with Crippen LogP contribution in [0.4, 0.5) is 10.5 Å². The summed E-state index contributed by atoms with van der Waals surface area (Å²) in [6.07, 6.45) is 2.73. The van der Waals surface area contributed by atoms with E-state index in [4.69, 9.17) is 9.47 Å². The van der Waals surface area contributed by atoms with Crippen LogP contribution in [-0.2, 0) is 6.42 Å². The van der Waals surface area contributed by atoms with Crippen molar-refractivity contribution in [2.24, 2.45) is 0 Å². The number of carbonyl (C=O) groups excluding carboxylic acids is 1. The number of fused-ring (bicyclic) bond motifs is 1. The van der Waals surface area contributed by atoms with E-state index in [1.165, 1.54) is 10.9 Å². The first-order chi connectivity index (χ1) is 12.2. The van der Waals surface area contributed by atoms with Gasteiger partial charge in [0.25, 0.3) is 0 Å². The fraction of sp³-hybridized carbons (Fsp3) is 0.211. The smallest absolute Gasteiger partial charge is 0.319 e. The van der Waals surface area contributed by atoms with Gasteiger partial charge in [-0.15, -0.1) is 0 Å². The number of aromatic amines is 1. The van der Waals surface area contributed by atoms with Gasteiger partial charge in [0.15, 0.2) is 0 Å². The molecule has 0 atom stereocenters. The largest absolute Gasteiger partial charge is 0.497 e. The average Bonchev–Trinajstić information content (AvgIpc) is 3.04. The third-order valence-corrected chi connectivity index (χ3v) is 3.96. The molecule has 6 nitrogen and oxygen atoms in total. The Kier molecular flexibility index (Phi) is 5.09. The maximum Gasteiger partial charge on any atom is 0.319 e. The maximum absolute atomic E-state index is 12.1. The van der Waals surface area contributed by atoms with Gasteiger partial charge in [0, 0.05) is 47.5 Å². The molecule has 0 saturated carbocycles. The fourth-order valence-corrected chi connectivity index (χ4v) is 2.70. The predicted molar refractivity (Wildman–Crippen MR) is 98.6 cm³/mol. The number of hydrogen-bond donors (Lipinski definition) is 3. The predicted octanol–water partition coefficient (Wildman–Crippen LogP) is 3.55. The molecule has 25 heavy (non-hydrogen) atoms. The standard InChI is InChI=1S/C19H21N3O3/c1-24-15-9-14(10-16(11-15)25-2)22-19(23)20-8-7-13-12-21-18-6-4-3-5-17(13)18/h3-6,9-12,21H,7-8H2,1-2H3,(H2,20,22,23). The number of rotatable bonds is 6. The summed E-state index contributed by atoms with van der Waals surface area (Å²) in [6.45, 7) is 0.536. The van der Waals surface area contributed by atoms with Crippen molar-refractivity contribution in [3.63, 3.8) is 0 Å². The molecule has 0 aliphatic heterocycles. The van der Waals surface area contributed by atoms with Crippen LogP contribution in [0.25, 0.3) is 10.9 Å². The molecule has 6 heteroatoms. The van der Waals surface area contributed by atoms with Gasteiger partial charge in [-0.1, -0.05) is 18.2 Å². The molecular weight excluding hydrogens is 318 g/mol. The third kappa shape index (κ3) is 4.03. The molecule has 2 amide bonds. The highest BCUT2D eigenvalue weighted by atomic mass is 16.5. The van der Waals surface area contributed by atoms with E-state index in [1.54, 1.807) is 32.4 Å². The van der Waals surface area contributed by atoms with Crippen LogP contribution in [0.1, 0.15) is 5.56 Å². The van der Waals surface area contributed by atoms with E-state index in [0.717, 1.165) is 11.9 Å². The highest BCUT2D eigenvalue weighted by Gasteiger charge is 2.07. The number of urea groups is 1. The van der Waals surface area contributed by atoms with Gasteiger partial charge < -0.3 is 25.1 Å². The zero-order chi connectivity index (χ0) is 17.6. The molecule has 1 heterocycles. The number of anilines is 1. The van der Waals surface area contributed by atoms with Crippen molar-refractivity contribution in [3.8, 4) is 11.5 Å². The van der Waals surface area contributed by atoms with Crippen molar-refractivity contribution in [2.45, 2.75) is 6.42 Å². The van der Waals surface area contributed by atoms with Gasteiger partial charge >= 0.3 is 6.03 Å². The van der Waals surface area contributed by atoms with Crippen LogP contribution in [0.2, 0.25) is 0 Å². The van der Waals surface area contributed by atoms with Crippen LogP contribution in [0.3, 0.4) is 0 Å². The lowest BCUT2D eigenvalue weighted by atomic mass is 10.1. The Labute approximate surface area is 146 Å². The van der Waals surface area contributed by atoms with E-state index in [1.807, 2.05) is 24.4 Å². The molecule has 130 valence electrons. The summed E-state index contributed by atoms with van der Waals surface area (Å²) in [7, 11) is 3.14. The molecule has 3 aromatic rings. The average molecular weight is 339 g/mol. The highest BCUT2D eigenvalue weighted by Crippen LogP contribution is 2.25. The van der Waals surface area contributed by atoms with Crippen molar-refractivity contribution in [2.75, 3.05) is 26.1 Å². The molecule has 1 aromatic heterocycles. The zero-order valence-corrected chi connectivity index (χ0v) is 14.3. The van der Waals surface area contributed by atoms with Crippen LogP contribution in [0.15, 0.2) is 48.7 Å². The van der Waals surface area contributed by atoms with Crippen LogP contribution >= 0.6 is 0 Å². The zero-order valence-electron chi connectivity index (χ0n) is 14.3. The highest BCUT2D eigenvalue weighted by molar-refractivity contribution is 5.90. The molecule has 0 bridgehead atoms. The molecular formula is C19H21N3O3. The number of methoxy groups -OCH3 is 2. The number of nitrogens with one attached hydrogen (secondary N) is 3. The van der Waals surface area contributed by atoms with Crippen molar-refractivity contribution >= 4 is 22.6 Å². The van der Waals surface area contributed by atoms with Gasteiger partial charge in [-0.05, 0) is 18.1 Å². The second-order valence-electron chi connectivity index (χ2n) is 5.59. The summed E-state index contributed by atoms with van der Waals surface area (Å²) in [5.74, 6) is 1.24. The summed E-state index contributed by atoms with van der Waals surface area (Å²) in [5.41, 5.74) is 2.89. The monoisotopic (exact) mass is 339 g/mol. The summed E-state index contributed by atoms with van der Waals surface area (Å²) in [4.78, 5) is 15.3. The number of hydrogen-bond acceptors (Lipinski definition) is 3. The molecule has 0 unspecified atom stereocenters. The quantitative estimate of drug-likeness (QED) is 0.643. The van der Waals surface area contributed by atoms with Crippen LogP contribution in [0.5, 0.6) is 11.5 Å². The van der Waals surface area contributed by atoms with Gasteiger partial charge in [0.1, 0.15) is 11.5 Å². The Balaban J connectivity index is 1.56. The van der Waals surface area contributed by atoms with Crippen LogP contribution < -0.4 is 20.1 Å². The number of ether oxygens (including phenoxy) is 2. The first kappa shape index (κ1) is 16.7. The number of aromatic nitrogens is 1. The number of amides is 2. The number of benzene rings is 2. The Bertz CT molecular complexity index is 851. The van der Waals surface area contributed by atoms with Gasteiger partial charge in [-0.2, -0.15) is 0 Å². The van der Waals surface area contributed by atoms with E-state index in [-0.39, 0.29) is 6.03 Å². The second-order valence-corrected chi connectivity index (χ2v) is 5.59. The third-order valence-electron chi connectivity index (χ3n) is 3.96. The summed E-state index contributed by atoms with van der Waals surface area (Å²) in [5, 5.41) is 6.84. The second kappa shape index (κ2) is 7.61. The van der Waals surface area contributed by atoms with Crippen molar-refractivity contribution in [1.82, 2.24) is 10.3 Å². The molecule has 0 saturated heterocycles. The van der Waals surface area contributed by atoms with Gasteiger partial charge in [-0.25, -0.2) is 4.79 Å². The van der Waals surface area contributed by atoms with Gasteiger partial charge in [0.2, 0.25) is 0 Å². The van der Waals surface area contributed by atoms with Gasteiger partial charge in [0.05, 0.1) is 14.2 Å². The number of carbonyl (C=O) groups is 1. The number of para-hydroxylation sites is 1. The van der Waals surface area contributed by atoms with E-state index in [0.29, 0.717) is 23.7 Å². The first-order valence-corrected chi connectivity index (χ1v) is 8.02. The van der Waals surface area contributed by atoms with E-state index in [9.17, 15) is 4.79 Å². The minimum absolute atomic E-state index is 0.268. The molecule has 3 N–H and O–H groups in total. The van der Waals surface area contributed by atoms with Crippen molar-refractivity contribution < 1.29 is 14.3 Å². The van der Waals surface area contributed by atoms with Crippen LogP contribution in [-0.4, -0.2) is 31.8 Å². The summed E-state index contributed by atoms with van der Waals surface area (Å²) < 4.78 is 10.4.